The highest BCUT2D eigenvalue weighted by Gasteiger charge is 2.34. The Hall–Kier alpha value is -1.02. The maximum atomic E-state index is 12.6. The molecular weight excluding hydrogens is 276 g/mol. The van der Waals surface area contributed by atoms with Crippen molar-refractivity contribution in [2.24, 2.45) is 5.73 Å². The van der Waals surface area contributed by atoms with E-state index in [1.807, 2.05) is 6.07 Å². The molecule has 0 aromatic carbocycles. The first-order valence-electron chi connectivity index (χ1n) is 6.88. The van der Waals surface area contributed by atoms with Crippen LogP contribution in [0.3, 0.4) is 0 Å². The quantitative estimate of drug-likeness (QED) is 0.862. The molecule has 0 radical (unpaired) electrons. The second kappa shape index (κ2) is 6.62. The first-order valence-corrected chi connectivity index (χ1v) is 8.27. The summed E-state index contributed by atoms with van der Waals surface area (Å²) in [7, 11) is -1.86. The van der Waals surface area contributed by atoms with Crippen LogP contribution in [-0.2, 0) is 16.8 Å². The van der Waals surface area contributed by atoms with Crippen LogP contribution >= 0.6 is 0 Å². The third kappa shape index (κ3) is 3.35. The largest absolute Gasteiger partial charge is 0.329 e. The lowest BCUT2D eigenvalue weighted by Crippen LogP contribution is -2.51. The number of hydrogen-bond acceptors (Lipinski definition) is 4. The van der Waals surface area contributed by atoms with Crippen LogP contribution in [0.2, 0.25) is 0 Å². The molecular formula is C13H22N4O2S. The highest BCUT2D eigenvalue weighted by Crippen LogP contribution is 2.22. The standard InChI is InChI=1S/C13H22N4O2S/c1-16(11-12-5-4-7-15-10-12)20(18,19)17-8-3-2-6-13(17)9-14/h4-5,7,10,13H,2-3,6,8-9,11,14H2,1H3. The Balaban J connectivity index is 2.12. The molecule has 0 spiro atoms. The molecule has 0 amide bonds. The van der Waals surface area contributed by atoms with Crippen LogP contribution in [0.1, 0.15) is 24.8 Å². The molecule has 6 nitrogen and oxygen atoms in total. The summed E-state index contributed by atoms with van der Waals surface area (Å²) in [4.78, 5) is 4.01. The molecule has 1 atom stereocenters. The zero-order valence-electron chi connectivity index (χ0n) is 11.8. The van der Waals surface area contributed by atoms with Gasteiger partial charge in [0.1, 0.15) is 0 Å². The Kier molecular flexibility index (Phi) is 5.09. The van der Waals surface area contributed by atoms with Gasteiger partial charge in [-0.05, 0) is 24.5 Å². The average molecular weight is 298 g/mol. The minimum absolute atomic E-state index is 0.0786. The zero-order chi connectivity index (χ0) is 14.6. The maximum absolute atomic E-state index is 12.6. The van der Waals surface area contributed by atoms with Crippen molar-refractivity contribution in [3.8, 4) is 0 Å². The van der Waals surface area contributed by atoms with E-state index in [1.165, 1.54) is 4.31 Å². The van der Waals surface area contributed by atoms with E-state index in [-0.39, 0.29) is 6.04 Å². The summed E-state index contributed by atoms with van der Waals surface area (Å²) in [5, 5.41) is 0. The van der Waals surface area contributed by atoms with Gasteiger partial charge in [-0.2, -0.15) is 17.0 Å². The fourth-order valence-corrected chi connectivity index (χ4v) is 4.12. The molecule has 0 aliphatic carbocycles. The Morgan fingerprint density at radius 1 is 1.50 bits per heavy atom. The molecule has 1 unspecified atom stereocenters. The van der Waals surface area contributed by atoms with E-state index in [1.54, 1.807) is 29.8 Å². The highest BCUT2D eigenvalue weighted by atomic mass is 32.2. The molecule has 1 aromatic heterocycles. The van der Waals surface area contributed by atoms with Crippen molar-refractivity contribution in [3.05, 3.63) is 30.1 Å². The van der Waals surface area contributed by atoms with E-state index in [2.05, 4.69) is 4.98 Å². The van der Waals surface area contributed by atoms with E-state index in [9.17, 15) is 8.42 Å². The van der Waals surface area contributed by atoms with Crippen molar-refractivity contribution in [2.75, 3.05) is 20.1 Å². The maximum Gasteiger partial charge on any atom is 0.282 e. The Labute approximate surface area is 120 Å². The van der Waals surface area contributed by atoms with Gasteiger partial charge in [-0.1, -0.05) is 12.5 Å². The van der Waals surface area contributed by atoms with Gasteiger partial charge < -0.3 is 5.73 Å². The number of nitrogens with zero attached hydrogens (tertiary/aromatic N) is 3. The lowest BCUT2D eigenvalue weighted by molar-refractivity contribution is 0.240. The van der Waals surface area contributed by atoms with Crippen LogP contribution in [0.15, 0.2) is 24.5 Å². The summed E-state index contributed by atoms with van der Waals surface area (Å²) in [5.74, 6) is 0. The molecule has 1 saturated heterocycles. The number of hydrogen-bond donors (Lipinski definition) is 1. The molecule has 2 N–H and O–H groups in total. The lowest BCUT2D eigenvalue weighted by atomic mass is 10.1. The molecule has 1 fully saturated rings. The van der Waals surface area contributed by atoms with Crippen molar-refractivity contribution in [3.63, 3.8) is 0 Å². The third-order valence-corrected chi connectivity index (χ3v) is 5.65. The normalized spacial score (nSPS) is 21.2. The smallest absolute Gasteiger partial charge is 0.282 e. The summed E-state index contributed by atoms with van der Waals surface area (Å²) >= 11 is 0. The monoisotopic (exact) mass is 298 g/mol. The predicted molar refractivity (Wildman–Crippen MR) is 78.0 cm³/mol. The number of rotatable bonds is 5. The van der Waals surface area contributed by atoms with Crippen LogP contribution in [0, 0.1) is 0 Å². The topological polar surface area (TPSA) is 79.5 Å². The van der Waals surface area contributed by atoms with Gasteiger partial charge in [-0.25, -0.2) is 0 Å². The molecule has 1 aliphatic rings. The zero-order valence-corrected chi connectivity index (χ0v) is 12.6. The van der Waals surface area contributed by atoms with Gasteiger partial charge in [0.2, 0.25) is 0 Å². The van der Waals surface area contributed by atoms with Gasteiger partial charge in [0.05, 0.1) is 0 Å². The van der Waals surface area contributed by atoms with Crippen molar-refractivity contribution in [1.29, 1.82) is 0 Å². The number of pyridine rings is 1. The van der Waals surface area contributed by atoms with Gasteiger partial charge in [0.15, 0.2) is 0 Å². The molecule has 2 rings (SSSR count). The van der Waals surface area contributed by atoms with Gasteiger partial charge in [-0.15, -0.1) is 0 Å². The van der Waals surface area contributed by atoms with Gasteiger partial charge in [-0.3, -0.25) is 4.98 Å². The summed E-state index contributed by atoms with van der Waals surface area (Å²) < 4.78 is 28.2. The highest BCUT2D eigenvalue weighted by molar-refractivity contribution is 7.86. The molecule has 1 aliphatic heterocycles. The summed E-state index contributed by atoms with van der Waals surface area (Å²) in [6, 6.07) is 3.60. The Morgan fingerprint density at radius 2 is 2.30 bits per heavy atom. The molecule has 112 valence electrons. The molecule has 2 heterocycles. The number of aromatic nitrogens is 1. The van der Waals surface area contributed by atoms with Crippen LogP contribution in [0.25, 0.3) is 0 Å². The van der Waals surface area contributed by atoms with Crippen molar-refractivity contribution < 1.29 is 8.42 Å². The fraction of sp³-hybridized carbons (Fsp3) is 0.615. The minimum atomic E-state index is -3.46. The second-order valence-electron chi connectivity index (χ2n) is 5.12. The molecule has 0 bridgehead atoms. The summed E-state index contributed by atoms with van der Waals surface area (Å²) in [5.41, 5.74) is 6.58. The van der Waals surface area contributed by atoms with E-state index in [0.29, 0.717) is 19.6 Å². The summed E-state index contributed by atoms with van der Waals surface area (Å²) in [6.45, 7) is 1.26. The molecule has 7 heteroatoms. The molecule has 20 heavy (non-hydrogen) atoms. The number of nitrogens with two attached hydrogens (primary N) is 1. The Morgan fingerprint density at radius 3 is 2.95 bits per heavy atom. The van der Waals surface area contributed by atoms with Gasteiger partial charge in [0, 0.05) is 45.1 Å². The third-order valence-electron chi connectivity index (χ3n) is 3.66. The Bertz CT molecular complexity index is 520. The van der Waals surface area contributed by atoms with Gasteiger partial charge >= 0.3 is 0 Å². The van der Waals surface area contributed by atoms with E-state index < -0.39 is 10.2 Å². The lowest BCUT2D eigenvalue weighted by Gasteiger charge is -2.36. The van der Waals surface area contributed by atoms with E-state index >= 15 is 0 Å². The first-order chi connectivity index (χ1) is 9.55. The fourth-order valence-electron chi connectivity index (χ4n) is 2.52. The SMILES string of the molecule is CN(Cc1cccnc1)S(=O)(=O)N1CCCCC1CN. The molecule has 0 saturated carbocycles. The molecule has 1 aromatic rings. The second-order valence-corrected chi connectivity index (χ2v) is 7.11. The van der Waals surface area contributed by atoms with Crippen LogP contribution in [0.4, 0.5) is 0 Å². The van der Waals surface area contributed by atoms with Crippen LogP contribution in [0.5, 0.6) is 0 Å². The first kappa shape index (κ1) is 15.4. The van der Waals surface area contributed by atoms with Crippen LogP contribution in [-0.4, -0.2) is 48.2 Å². The summed E-state index contributed by atoms with van der Waals surface area (Å²) in [6.07, 6.45) is 6.14. The van der Waals surface area contributed by atoms with Crippen molar-refractivity contribution in [1.82, 2.24) is 13.6 Å². The average Bonchev–Trinajstić information content (AvgIpc) is 2.48. The number of piperidine rings is 1. The van der Waals surface area contributed by atoms with Crippen molar-refractivity contribution >= 4 is 10.2 Å². The van der Waals surface area contributed by atoms with Crippen molar-refractivity contribution in [2.45, 2.75) is 31.8 Å². The van der Waals surface area contributed by atoms with E-state index in [4.69, 9.17) is 5.73 Å². The predicted octanol–water partition coefficient (Wildman–Crippen LogP) is 0.571. The van der Waals surface area contributed by atoms with Gasteiger partial charge in [0.25, 0.3) is 10.2 Å². The van der Waals surface area contributed by atoms with Crippen LogP contribution < -0.4 is 5.73 Å². The van der Waals surface area contributed by atoms with E-state index in [0.717, 1.165) is 24.8 Å². The minimum Gasteiger partial charge on any atom is -0.329 e.